The zero-order valence-corrected chi connectivity index (χ0v) is 10.8. The van der Waals surface area contributed by atoms with Crippen LogP contribution in [0.15, 0.2) is 18.3 Å². The average molecular weight is 250 g/mol. The molecule has 17 heavy (non-hydrogen) atoms. The molecule has 1 aromatic rings. The Balaban J connectivity index is 2.01. The van der Waals surface area contributed by atoms with Gasteiger partial charge in [0.15, 0.2) is 0 Å². The van der Waals surface area contributed by atoms with Crippen molar-refractivity contribution in [3.63, 3.8) is 0 Å². The summed E-state index contributed by atoms with van der Waals surface area (Å²) in [6.45, 7) is 2.10. The summed E-state index contributed by atoms with van der Waals surface area (Å²) >= 11 is 4.99. The highest BCUT2D eigenvalue weighted by atomic mass is 32.1. The first-order valence-electron chi connectivity index (χ1n) is 5.87. The molecular formula is C12H18N4S. The molecule has 1 atom stereocenters. The van der Waals surface area contributed by atoms with Crippen LogP contribution in [0.4, 0.5) is 5.69 Å². The van der Waals surface area contributed by atoms with Crippen molar-refractivity contribution in [3.8, 4) is 0 Å². The first kappa shape index (κ1) is 12.3. The van der Waals surface area contributed by atoms with Crippen molar-refractivity contribution in [3.05, 3.63) is 24.0 Å². The van der Waals surface area contributed by atoms with Crippen molar-refractivity contribution in [1.29, 1.82) is 0 Å². The second-order valence-electron chi connectivity index (χ2n) is 4.42. The summed E-state index contributed by atoms with van der Waals surface area (Å²) in [6, 6.07) is 4.45. The number of hydrogen-bond donors (Lipinski definition) is 2. The van der Waals surface area contributed by atoms with Gasteiger partial charge in [0.05, 0.1) is 5.69 Å². The van der Waals surface area contributed by atoms with Crippen LogP contribution in [0.3, 0.4) is 0 Å². The monoisotopic (exact) mass is 250 g/mol. The molecule has 1 saturated heterocycles. The third-order valence-corrected chi connectivity index (χ3v) is 3.43. The minimum atomic E-state index is 0.341. The van der Waals surface area contributed by atoms with Gasteiger partial charge in [-0.25, -0.2) is 0 Å². The molecule has 0 saturated carbocycles. The molecule has 1 unspecified atom stereocenters. The van der Waals surface area contributed by atoms with Gasteiger partial charge in [0.1, 0.15) is 10.7 Å². The Morgan fingerprint density at radius 1 is 1.71 bits per heavy atom. The first-order valence-corrected chi connectivity index (χ1v) is 6.28. The van der Waals surface area contributed by atoms with Crippen molar-refractivity contribution in [1.82, 2.24) is 9.88 Å². The van der Waals surface area contributed by atoms with E-state index in [0.717, 1.165) is 12.2 Å². The highest BCUT2D eigenvalue weighted by Gasteiger charge is 2.20. The van der Waals surface area contributed by atoms with Crippen molar-refractivity contribution >= 4 is 22.9 Å². The highest BCUT2D eigenvalue weighted by Crippen LogP contribution is 2.17. The Morgan fingerprint density at radius 2 is 2.53 bits per heavy atom. The summed E-state index contributed by atoms with van der Waals surface area (Å²) in [5, 5.41) is 3.40. The number of aromatic nitrogens is 1. The molecule has 92 valence electrons. The molecule has 0 aliphatic carbocycles. The summed E-state index contributed by atoms with van der Waals surface area (Å²) in [7, 11) is 2.16. The molecular weight excluding hydrogens is 232 g/mol. The van der Waals surface area contributed by atoms with E-state index >= 15 is 0 Å². The maximum Gasteiger partial charge on any atom is 0.124 e. The molecule has 2 rings (SSSR count). The van der Waals surface area contributed by atoms with Gasteiger partial charge >= 0.3 is 0 Å². The number of likely N-dealkylation sites (tertiary alicyclic amines) is 1. The number of likely N-dealkylation sites (N-methyl/N-ethyl adjacent to an activating group) is 1. The molecule has 2 heterocycles. The standard InChI is InChI=1S/C12H18N4S/c1-16-7-3-4-9(16)8-15-10-5-2-6-14-11(10)12(13)17/h2,5-6,9,15H,3-4,7-8H2,1H3,(H2,13,17). The Morgan fingerprint density at radius 3 is 3.18 bits per heavy atom. The minimum Gasteiger partial charge on any atom is -0.388 e. The predicted octanol–water partition coefficient (Wildman–Crippen LogP) is 1.22. The summed E-state index contributed by atoms with van der Waals surface area (Å²) in [5.41, 5.74) is 7.26. The van der Waals surface area contributed by atoms with Gasteiger partial charge in [0, 0.05) is 18.8 Å². The van der Waals surface area contributed by atoms with Gasteiger partial charge in [-0.05, 0) is 38.6 Å². The zero-order valence-electron chi connectivity index (χ0n) is 10.0. The van der Waals surface area contributed by atoms with Gasteiger partial charge in [-0.3, -0.25) is 4.98 Å². The van der Waals surface area contributed by atoms with E-state index in [1.165, 1.54) is 19.4 Å². The van der Waals surface area contributed by atoms with E-state index in [-0.39, 0.29) is 0 Å². The molecule has 0 amide bonds. The SMILES string of the molecule is CN1CCCC1CNc1cccnc1C(N)=S. The fourth-order valence-corrected chi connectivity index (χ4v) is 2.37. The van der Waals surface area contributed by atoms with Crippen molar-refractivity contribution in [2.75, 3.05) is 25.5 Å². The Hall–Kier alpha value is -1.20. The molecule has 3 N–H and O–H groups in total. The van der Waals surface area contributed by atoms with Gasteiger partial charge < -0.3 is 16.0 Å². The Kier molecular flexibility index (Phi) is 3.91. The number of rotatable bonds is 4. The van der Waals surface area contributed by atoms with Gasteiger partial charge in [0.2, 0.25) is 0 Å². The molecule has 5 heteroatoms. The van der Waals surface area contributed by atoms with E-state index in [9.17, 15) is 0 Å². The van der Waals surface area contributed by atoms with E-state index in [1.807, 2.05) is 12.1 Å². The van der Waals surface area contributed by atoms with Crippen LogP contribution in [0, 0.1) is 0 Å². The summed E-state index contributed by atoms with van der Waals surface area (Å²) < 4.78 is 0. The van der Waals surface area contributed by atoms with Crippen molar-refractivity contribution in [2.45, 2.75) is 18.9 Å². The lowest BCUT2D eigenvalue weighted by atomic mass is 10.2. The molecule has 0 radical (unpaired) electrons. The lowest BCUT2D eigenvalue weighted by Crippen LogP contribution is -2.32. The number of nitrogens with zero attached hydrogens (tertiary/aromatic N) is 2. The van der Waals surface area contributed by atoms with Gasteiger partial charge in [0.25, 0.3) is 0 Å². The van der Waals surface area contributed by atoms with Crippen LogP contribution in [-0.2, 0) is 0 Å². The average Bonchev–Trinajstić information content (AvgIpc) is 2.72. The van der Waals surface area contributed by atoms with Crippen LogP contribution in [-0.4, -0.2) is 41.1 Å². The van der Waals surface area contributed by atoms with E-state index in [4.69, 9.17) is 18.0 Å². The number of thiocarbonyl (C=S) groups is 1. The van der Waals surface area contributed by atoms with Crippen LogP contribution in [0.5, 0.6) is 0 Å². The van der Waals surface area contributed by atoms with Crippen LogP contribution in [0.25, 0.3) is 0 Å². The maximum atomic E-state index is 5.64. The molecule has 4 nitrogen and oxygen atoms in total. The van der Waals surface area contributed by atoms with E-state index in [0.29, 0.717) is 16.7 Å². The third-order valence-electron chi connectivity index (χ3n) is 3.24. The van der Waals surface area contributed by atoms with E-state index < -0.39 is 0 Å². The molecule has 0 aromatic carbocycles. The quantitative estimate of drug-likeness (QED) is 0.787. The molecule has 1 fully saturated rings. The van der Waals surface area contributed by atoms with E-state index in [2.05, 4.69) is 22.2 Å². The summed E-state index contributed by atoms with van der Waals surface area (Å²) in [4.78, 5) is 6.92. The topological polar surface area (TPSA) is 54.2 Å². The van der Waals surface area contributed by atoms with Crippen LogP contribution in [0.2, 0.25) is 0 Å². The van der Waals surface area contributed by atoms with Crippen LogP contribution >= 0.6 is 12.2 Å². The van der Waals surface area contributed by atoms with Crippen molar-refractivity contribution in [2.24, 2.45) is 5.73 Å². The van der Waals surface area contributed by atoms with Crippen molar-refractivity contribution < 1.29 is 0 Å². The first-order chi connectivity index (χ1) is 8.18. The molecule has 1 aliphatic rings. The number of anilines is 1. The molecule has 0 bridgehead atoms. The normalized spacial score (nSPS) is 20.4. The third kappa shape index (κ3) is 2.92. The Bertz CT molecular complexity index is 407. The largest absolute Gasteiger partial charge is 0.388 e. The predicted molar refractivity (Wildman–Crippen MR) is 74.3 cm³/mol. The fraction of sp³-hybridized carbons (Fsp3) is 0.500. The maximum absolute atomic E-state index is 5.64. The number of nitrogens with two attached hydrogens (primary N) is 1. The fourth-order valence-electron chi connectivity index (χ4n) is 2.21. The summed E-state index contributed by atoms with van der Waals surface area (Å²) in [6.07, 6.45) is 4.23. The van der Waals surface area contributed by atoms with E-state index in [1.54, 1.807) is 6.20 Å². The van der Waals surface area contributed by atoms with Gasteiger partial charge in [-0.2, -0.15) is 0 Å². The second kappa shape index (κ2) is 5.42. The highest BCUT2D eigenvalue weighted by molar-refractivity contribution is 7.80. The second-order valence-corrected chi connectivity index (χ2v) is 4.86. The molecule has 1 aromatic heterocycles. The lowest BCUT2D eigenvalue weighted by molar-refractivity contribution is 0.322. The minimum absolute atomic E-state index is 0.341. The zero-order chi connectivity index (χ0) is 12.3. The van der Waals surface area contributed by atoms with Gasteiger partial charge in [-0.15, -0.1) is 0 Å². The molecule has 0 spiro atoms. The Labute approximate surface area is 107 Å². The summed E-state index contributed by atoms with van der Waals surface area (Å²) in [5.74, 6) is 0. The van der Waals surface area contributed by atoms with Gasteiger partial charge in [-0.1, -0.05) is 12.2 Å². The van der Waals surface area contributed by atoms with Crippen LogP contribution in [0.1, 0.15) is 18.5 Å². The smallest absolute Gasteiger partial charge is 0.124 e. The van der Waals surface area contributed by atoms with Crippen LogP contribution < -0.4 is 11.1 Å². The number of nitrogens with one attached hydrogen (secondary N) is 1. The number of pyridine rings is 1. The lowest BCUT2D eigenvalue weighted by Gasteiger charge is -2.20. The molecule has 1 aliphatic heterocycles. The number of hydrogen-bond acceptors (Lipinski definition) is 4.